The van der Waals surface area contributed by atoms with Gasteiger partial charge in [-0.05, 0) is 52.0 Å². The maximum Gasteiger partial charge on any atom is 0.215 e. The summed E-state index contributed by atoms with van der Waals surface area (Å²) >= 11 is 0. The highest BCUT2D eigenvalue weighted by molar-refractivity contribution is 5.65. The molecule has 0 radical (unpaired) electrons. The standard InChI is InChI=1S/C25H34N6O2/c1-16-9-20(12-26-25(16)32-4)24-22-5-7-33-8-6-23(22)31(29-24)21-13-27-30(15-21)14-19-10-17(2)28-18(3)11-19/h9,12-13,15,17-19,28H,5-8,10-11,14H2,1-4H3/t17-,18+,19+. The number of piperidine rings is 1. The van der Waals surface area contributed by atoms with E-state index < -0.39 is 0 Å². The van der Waals surface area contributed by atoms with Crippen LogP contribution < -0.4 is 10.1 Å². The Morgan fingerprint density at radius 3 is 2.70 bits per heavy atom. The molecule has 176 valence electrons. The molecule has 8 nitrogen and oxygen atoms in total. The molecular weight excluding hydrogens is 416 g/mol. The number of nitrogens with one attached hydrogen (secondary N) is 1. The number of rotatable bonds is 5. The van der Waals surface area contributed by atoms with Gasteiger partial charge in [0.05, 0.1) is 44.1 Å². The summed E-state index contributed by atoms with van der Waals surface area (Å²) in [6.07, 6.45) is 9.97. The molecule has 2 aliphatic rings. The average molecular weight is 451 g/mol. The topological polar surface area (TPSA) is 79.0 Å². The first kappa shape index (κ1) is 22.1. The van der Waals surface area contributed by atoms with Crippen molar-refractivity contribution in [2.75, 3.05) is 20.3 Å². The van der Waals surface area contributed by atoms with Crippen LogP contribution in [0.4, 0.5) is 0 Å². The Balaban J connectivity index is 1.47. The van der Waals surface area contributed by atoms with E-state index in [9.17, 15) is 0 Å². The molecule has 5 heterocycles. The molecule has 0 amide bonds. The lowest BCUT2D eigenvalue weighted by molar-refractivity contribution is 0.145. The van der Waals surface area contributed by atoms with E-state index in [1.54, 1.807) is 7.11 Å². The van der Waals surface area contributed by atoms with Crippen LogP contribution in [0.25, 0.3) is 16.9 Å². The molecular formula is C25H34N6O2. The first-order chi connectivity index (χ1) is 16.0. The second-order valence-electron chi connectivity index (χ2n) is 9.57. The highest BCUT2D eigenvalue weighted by Gasteiger charge is 2.25. The zero-order valence-electron chi connectivity index (χ0n) is 20.0. The lowest BCUT2D eigenvalue weighted by Crippen LogP contribution is -2.43. The normalized spacial score (nSPS) is 23.2. The number of ether oxygens (including phenoxy) is 2. The van der Waals surface area contributed by atoms with Crippen molar-refractivity contribution in [1.82, 2.24) is 29.9 Å². The zero-order valence-corrected chi connectivity index (χ0v) is 20.0. The van der Waals surface area contributed by atoms with Crippen LogP contribution in [0.2, 0.25) is 0 Å². The number of hydrogen-bond donors (Lipinski definition) is 1. The van der Waals surface area contributed by atoms with E-state index in [1.807, 2.05) is 19.3 Å². The molecule has 0 bridgehead atoms. The van der Waals surface area contributed by atoms with Crippen LogP contribution >= 0.6 is 0 Å². The number of aryl methyl sites for hydroxylation is 1. The van der Waals surface area contributed by atoms with E-state index in [0.29, 0.717) is 37.1 Å². The molecule has 0 aromatic carbocycles. The van der Waals surface area contributed by atoms with E-state index in [1.165, 1.54) is 24.1 Å². The fourth-order valence-corrected chi connectivity index (χ4v) is 5.49. The Morgan fingerprint density at radius 2 is 1.94 bits per heavy atom. The number of pyridine rings is 1. The summed E-state index contributed by atoms with van der Waals surface area (Å²) in [5.74, 6) is 1.28. The number of nitrogens with zero attached hydrogens (tertiary/aromatic N) is 5. The molecule has 1 N–H and O–H groups in total. The largest absolute Gasteiger partial charge is 0.481 e. The van der Waals surface area contributed by atoms with Gasteiger partial charge in [0.2, 0.25) is 5.88 Å². The minimum atomic E-state index is 0.555. The van der Waals surface area contributed by atoms with Gasteiger partial charge < -0.3 is 14.8 Å². The lowest BCUT2D eigenvalue weighted by Gasteiger charge is -2.32. The monoisotopic (exact) mass is 450 g/mol. The fourth-order valence-electron chi connectivity index (χ4n) is 5.49. The highest BCUT2D eigenvalue weighted by atomic mass is 16.5. The molecule has 0 unspecified atom stereocenters. The SMILES string of the molecule is COc1ncc(-c2nn(-c3cnn(C[C@H]4C[C@@H](C)N[C@@H](C)C4)c3)c3c2CCOCC3)cc1C. The van der Waals surface area contributed by atoms with Crippen molar-refractivity contribution < 1.29 is 9.47 Å². The average Bonchev–Trinajstić information content (AvgIpc) is 3.29. The third-order valence-corrected chi connectivity index (χ3v) is 6.82. The summed E-state index contributed by atoms with van der Waals surface area (Å²) < 4.78 is 15.3. The van der Waals surface area contributed by atoms with Gasteiger partial charge in [0.1, 0.15) is 5.69 Å². The van der Waals surface area contributed by atoms with Gasteiger partial charge >= 0.3 is 0 Å². The van der Waals surface area contributed by atoms with Gasteiger partial charge in [-0.1, -0.05) is 0 Å². The predicted octanol–water partition coefficient (Wildman–Crippen LogP) is 3.34. The Labute approximate surface area is 195 Å². The Kier molecular flexibility index (Phi) is 6.21. The summed E-state index contributed by atoms with van der Waals surface area (Å²) in [4.78, 5) is 4.48. The van der Waals surface area contributed by atoms with E-state index in [-0.39, 0.29) is 0 Å². The molecule has 1 saturated heterocycles. The van der Waals surface area contributed by atoms with Gasteiger partial charge in [0.15, 0.2) is 0 Å². The fraction of sp³-hybridized carbons (Fsp3) is 0.560. The van der Waals surface area contributed by atoms with Gasteiger partial charge in [0.25, 0.3) is 0 Å². The van der Waals surface area contributed by atoms with Crippen LogP contribution in [0.5, 0.6) is 5.88 Å². The molecule has 0 saturated carbocycles. The molecule has 2 aliphatic heterocycles. The molecule has 33 heavy (non-hydrogen) atoms. The molecule has 0 spiro atoms. The highest BCUT2D eigenvalue weighted by Crippen LogP contribution is 2.31. The third kappa shape index (κ3) is 4.54. The van der Waals surface area contributed by atoms with E-state index in [0.717, 1.165) is 41.9 Å². The number of aromatic nitrogens is 5. The minimum absolute atomic E-state index is 0.555. The summed E-state index contributed by atoms with van der Waals surface area (Å²) in [7, 11) is 1.65. The first-order valence-electron chi connectivity index (χ1n) is 12.0. The summed E-state index contributed by atoms with van der Waals surface area (Å²) in [6, 6.07) is 3.22. The van der Waals surface area contributed by atoms with Gasteiger partial charge in [-0.2, -0.15) is 10.2 Å². The summed E-state index contributed by atoms with van der Waals surface area (Å²) in [5.41, 5.74) is 6.44. The van der Waals surface area contributed by atoms with E-state index >= 15 is 0 Å². The molecule has 3 aromatic heterocycles. The Morgan fingerprint density at radius 1 is 1.15 bits per heavy atom. The predicted molar refractivity (Wildman–Crippen MR) is 127 cm³/mol. The Hall–Kier alpha value is -2.71. The van der Waals surface area contributed by atoms with Gasteiger partial charge in [-0.15, -0.1) is 0 Å². The molecule has 5 rings (SSSR count). The molecule has 3 aromatic rings. The van der Waals surface area contributed by atoms with Crippen molar-refractivity contribution in [2.24, 2.45) is 5.92 Å². The second kappa shape index (κ2) is 9.27. The van der Waals surface area contributed by atoms with Crippen LogP contribution in [0.15, 0.2) is 24.7 Å². The van der Waals surface area contributed by atoms with E-state index in [4.69, 9.17) is 19.7 Å². The number of methoxy groups -OCH3 is 1. The van der Waals surface area contributed by atoms with Crippen LogP contribution in [-0.4, -0.2) is 57.0 Å². The summed E-state index contributed by atoms with van der Waals surface area (Å²) in [5, 5.41) is 13.4. The van der Waals surface area contributed by atoms with Crippen molar-refractivity contribution in [3.05, 3.63) is 41.5 Å². The molecule has 1 fully saturated rings. The number of hydrogen-bond acceptors (Lipinski definition) is 6. The number of fused-ring (bicyclic) bond motifs is 1. The molecule has 8 heteroatoms. The van der Waals surface area contributed by atoms with Crippen molar-refractivity contribution in [2.45, 2.75) is 65.1 Å². The first-order valence-corrected chi connectivity index (χ1v) is 12.0. The Bertz CT molecular complexity index is 1110. The molecule has 0 aliphatic carbocycles. The van der Waals surface area contributed by atoms with Crippen LogP contribution in [0.3, 0.4) is 0 Å². The van der Waals surface area contributed by atoms with Crippen LogP contribution in [-0.2, 0) is 24.1 Å². The van der Waals surface area contributed by atoms with Gasteiger partial charge in [0, 0.05) is 47.9 Å². The third-order valence-electron chi connectivity index (χ3n) is 6.82. The van der Waals surface area contributed by atoms with Crippen molar-refractivity contribution in [3.63, 3.8) is 0 Å². The van der Waals surface area contributed by atoms with Crippen LogP contribution in [0, 0.1) is 12.8 Å². The van der Waals surface area contributed by atoms with Crippen LogP contribution in [0.1, 0.15) is 43.5 Å². The quantitative estimate of drug-likeness (QED) is 0.642. The van der Waals surface area contributed by atoms with Crippen molar-refractivity contribution in [1.29, 1.82) is 0 Å². The second-order valence-corrected chi connectivity index (χ2v) is 9.57. The molecule has 3 atom stereocenters. The summed E-state index contributed by atoms with van der Waals surface area (Å²) in [6.45, 7) is 8.92. The maximum absolute atomic E-state index is 5.80. The maximum atomic E-state index is 5.80. The van der Waals surface area contributed by atoms with Crippen molar-refractivity contribution >= 4 is 0 Å². The smallest absolute Gasteiger partial charge is 0.215 e. The minimum Gasteiger partial charge on any atom is -0.481 e. The van der Waals surface area contributed by atoms with Gasteiger partial charge in [-0.25, -0.2) is 9.67 Å². The zero-order chi connectivity index (χ0) is 22.9. The van der Waals surface area contributed by atoms with Crippen molar-refractivity contribution in [3.8, 4) is 22.8 Å². The van der Waals surface area contributed by atoms with Gasteiger partial charge in [-0.3, -0.25) is 4.68 Å². The van der Waals surface area contributed by atoms with E-state index in [2.05, 4.69) is 45.8 Å². The lowest BCUT2D eigenvalue weighted by atomic mass is 9.89.